The summed E-state index contributed by atoms with van der Waals surface area (Å²) in [5.74, 6) is 0. The Hall–Kier alpha value is -1.04. The van der Waals surface area contributed by atoms with Crippen LogP contribution in [-0.4, -0.2) is 16.3 Å². The predicted molar refractivity (Wildman–Crippen MR) is 57.4 cm³/mol. The van der Waals surface area contributed by atoms with Crippen molar-refractivity contribution in [1.29, 1.82) is 0 Å². The van der Waals surface area contributed by atoms with Gasteiger partial charge in [-0.25, -0.2) is 0 Å². The first-order chi connectivity index (χ1) is 7.89. The molecule has 0 saturated heterocycles. The van der Waals surface area contributed by atoms with Crippen LogP contribution in [-0.2, 0) is 18.6 Å². The average Bonchev–Trinajstić information content (AvgIpc) is 2.83. The molecule has 1 saturated carbocycles. The highest BCUT2D eigenvalue weighted by molar-refractivity contribution is 5.24. The molecule has 6 heteroatoms. The summed E-state index contributed by atoms with van der Waals surface area (Å²) in [6, 6.07) is 1.15. The lowest BCUT2D eigenvalue weighted by Crippen LogP contribution is -2.34. The zero-order chi connectivity index (χ0) is 12.7. The third-order valence-corrected chi connectivity index (χ3v) is 3.67. The van der Waals surface area contributed by atoms with Crippen molar-refractivity contribution in [1.82, 2.24) is 9.78 Å². The second-order valence-electron chi connectivity index (χ2n) is 4.73. The van der Waals surface area contributed by atoms with Gasteiger partial charge in [-0.05, 0) is 18.9 Å². The Bertz CT molecular complexity index is 403. The van der Waals surface area contributed by atoms with Crippen molar-refractivity contribution in [3.05, 3.63) is 17.5 Å². The van der Waals surface area contributed by atoms with E-state index >= 15 is 0 Å². The van der Waals surface area contributed by atoms with Crippen molar-refractivity contribution in [2.45, 2.75) is 37.3 Å². The molecule has 0 unspecified atom stereocenters. The fourth-order valence-electron chi connectivity index (χ4n) is 2.72. The van der Waals surface area contributed by atoms with Crippen LogP contribution in [0.15, 0.2) is 6.07 Å². The van der Waals surface area contributed by atoms with E-state index in [1.165, 1.54) is 4.68 Å². The Labute approximate surface area is 97.8 Å². The molecule has 1 aliphatic rings. The topological polar surface area (TPSA) is 43.8 Å². The number of alkyl halides is 3. The van der Waals surface area contributed by atoms with Crippen LogP contribution >= 0.6 is 0 Å². The number of hydrogen-bond acceptors (Lipinski definition) is 2. The van der Waals surface area contributed by atoms with E-state index in [1.54, 1.807) is 7.05 Å². The molecule has 0 aromatic carbocycles. The lowest BCUT2D eigenvalue weighted by atomic mass is 9.82. The molecule has 17 heavy (non-hydrogen) atoms. The third kappa shape index (κ3) is 2.06. The predicted octanol–water partition coefficient (Wildman–Crippen LogP) is 2.21. The summed E-state index contributed by atoms with van der Waals surface area (Å²) in [6.07, 6.45) is -0.654. The molecule has 1 aromatic rings. The van der Waals surface area contributed by atoms with Gasteiger partial charge in [-0.3, -0.25) is 4.68 Å². The summed E-state index contributed by atoms with van der Waals surface area (Å²) in [7, 11) is 1.56. The number of aromatic nitrogens is 2. The van der Waals surface area contributed by atoms with Crippen molar-refractivity contribution in [2.75, 3.05) is 6.54 Å². The summed E-state index contributed by atoms with van der Waals surface area (Å²) >= 11 is 0. The van der Waals surface area contributed by atoms with E-state index in [2.05, 4.69) is 5.10 Å². The van der Waals surface area contributed by atoms with Crippen LogP contribution < -0.4 is 5.73 Å². The van der Waals surface area contributed by atoms with Gasteiger partial charge >= 0.3 is 6.18 Å². The Morgan fingerprint density at radius 1 is 1.41 bits per heavy atom. The molecule has 0 atom stereocenters. The van der Waals surface area contributed by atoms with Gasteiger partial charge < -0.3 is 5.73 Å². The number of halogens is 3. The van der Waals surface area contributed by atoms with E-state index in [-0.39, 0.29) is 5.41 Å². The molecule has 96 valence electrons. The molecule has 0 aliphatic heterocycles. The molecule has 1 heterocycles. The third-order valence-electron chi connectivity index (χ3n) is 3.67. The van der Waals surface area contributed by atoms with Crippen molar-refractivity contribution in [3.8, 4) is 0 Å². The second kappa shape index (κ2) is 4.01. The summed E-state index contributed by atoms with van der Waals surface area (Å²) in [4.78, 5) is 0. The molecule has 1 aliphatic carbocycles. The molecule has 3 nitrogen and oxygen atoms in total. The fourth-order valence-corrected chi connectivity index (χ4v) is 2.72. The number of hydrogen-bond donors (Lipinski definition) is 1. The van der Waals surface area contributed by atoms with E-state index in [9.17, 15) is 13.2 Å². The summed E-state index contributed by atoms with van der Waals surface area (Å²) in [5.41, 5.74) is 5.24. The van der Waals surface area contributed by atoms with Gasteiger partial charge in [0.2, 0.25) is 0 Å². The Morgan fingerprint density at radius 2 is 2.00 bits per heavy atom. The largest absolute Gasteiger partial charge is 0.435 e. The van der Waals surface area contributed by atoms with Crippen LogP contribution in [0.4, 0.5) is 13.2 Å². The molecule has 1 fully saturated rings. The maximum atomic E-state index is 12.6. The van der Waals surface area contributed by atoms with Crippen LogP contribution in [0.1, 0.15) is 37.1 Å². The van der Waals surface area contributed by atoms with Gasteiger partial charge in [0, 0.05) is 24.7 Å². The summed E-state index contributed by atoms with van der Waals surface area (Å²) < 4.78 is 39.1. The van der Waals surface area contributed by atoms with Gasteiger partial charge in [0.25, 0.3) is 0 Å². The van der Waals surface area contributed by atoms with Gasteiger partial charge in [-0.2, -0.15) is 18.3 Å². The number of aryl methyl sites for hydroxylation is 1. The summed E-state index contributed by atoms with van der Waals surface area (Å²) in [5, 5.41) is 3.56. The van der Waals surface area contributed by atoms with E-state index in [4.69, 9.17) is 5.73 Å². The lowest BCUT2D eigenvalue weighted by Gasteiger charge is -2.27. The molecule has 0 spiro atoms. The van der Waals surface area contributed by atoms with Crippen molar-refractivity contribution >= 4 is 0 Å². The number of nitrogens with zero attached hydrogens (tertiary/aromatic N) is 2. The minimum absolute atomic E-state index is 0.314. The van der Waals surface area contributed by atoms with E-state index in [0.717, 1.165) is 31.7 Å². The van der Waals surface area contributed by atoms with Crippen LogP contribution in [0.3, 0.4) is 0 Å². The standard InChI is InChI=1S/C11H16F3N3/c1-17-9(6-8(16-17)11(12,13)14)10(7-15)4-2-3-5-10/h6H,2-5,7,15H2,1H3. The van der Waals surface area contributed by atoms with Crippen LogP contribution in [0.25, 0.3) is 0 Å². The maximum Gasteiger partial charge on any atom is 0.435 e. The molecule has 2 N–H and O–H groups in total. The molecular formula is C11H16F3N3. The summed E-state index contributed by atoms with van der Waals surface area (Å²) in [6.45, 7) is 0.379. The molecular weight excluding hydrogens is 231 g/mol. The minimum atomic E-state index is -4.38. The van der Waals surface area contributed by atoms with Gasteiger partial charge in [-0.1, -0.05) is 12.8 Å². The van der Waals surface area contributed by atoms with Crippen LogP contribution in [0.2, 0.25) is 0 Å². The molecule has 2 rings (SSSR count). The SMILES string of the molecule is Cn1nc(C(F)(F)F)cc1C1(CN)CCCC1. The van der Waals surface area contributed by atoms with Gasteiger partial charge in [0.1, 0.15) is 0 Å². The highest BCUT2D eigenvalue weighted by Gasteiger charge is 2.41. The zero-order valence-corrected chi connectivity index (χ0v) is 9.72. The normalized spacial score (nSPS) is 19.8. The first-order valence-electron chi connectivity index (χ1n) is 5.71. The molecule has 0 radical (unpaired) electrons. The van der Waals surface area contributed by atoms with Crippen LogP contribution in [0, 0.1) is 0 Å². The molecule has 0 amide bonds. The van der Waals surface area contributed by atoms with Gasteiger partial charge in [-0.15, -0.1) is 0 Å². The Morgan fingerprint density at radius 3 is 2.41 bits per heavy atom. The quantitative estimate of drug-likeness (QED) is 0.870. The van der Waals surface area contributed by atoms with E-state index in [1.807, 2.05) is 0 Å². The monoisotopic (exact) mass is 247 g/mol. The van der Waals surface area contributed by atoms with Crippen molar-refractivity contribution in [3.63, 3.8) is 0 Å². The zero-order valence-electron chi connectivity index (χ0n) is 9.72. The lowest BCUT2D eigenvalue weighted by molar-refractivity contribution is -0.141. The second-order valence-corrected chi connectivity index (χ2v) is 4.73. The Balaban J connectivity index is 2.42. The highest BCUT2D eigenvalue weighted by atomic mass is 19.4. The van der Waals surface area contributed by atoms with Crippen LogP contribution in [0.5, 0.6) is 0 Å². The first kappa shape index (κ1) is 12.4. The van der Waals surface area contributed by atoms with E-state index in [0.29, 0.717) is 12.2 Å². The van der Waals surface area contributed by atoms with Gasteiger partial charge in [0.15, 0.2) is 5.69 Å². The van der Waals surface area contributed by atoms with E-state index < -0.39 is 11.9 Å². The average molecular weight is 247 g/mol. The molecule has 1 aromatic heterocycles. The highest BCUT2D eigenvalue weighted by Crippen LogP contribution is 2.41. The van der Waals surface area contributed by atoms with Crippen molar-refractivity contribution < 1.29 is 13.2 Å². The smallest absolute Gasteiger partial charge is 0.330 e. The number of rotatable bonds is 2. The van der Waals surface area contributed by atoms with Gasteiger partial charge in [0.05, 0.1) is 0 Å². The fraction of sp³-hybridized carbons (Fsp3) is 0.727. The Kier molecular flexibility index (Phi) is 2.93. The minimum Gasteiger partial charge on any atom is -0.330 e. The maximum absolute atomic E-state index is 12.6. The van der Waals surface area contributed by atoms with Crippen molar-refractivity contribution in [2.24, 2.45) is 12.8 Å². The first-order valence-corrected chi connectivity index (χ1v) is 5.71. The number of nitrogens with two attached hydrogens (primary N) is 1. The molecule has 0 bridgehead atoms.